The van der Waals surface area contributed by atoms with E-state index in [0.717, 1.165) is 11.7 Å². The number of aromatic nitrogens is 2. The normalized spacial score (nSPS) is 14.6. The number of β-amino-alcohol motifs (C(OH)–C–C–N with tert-alkyl or cyclic N) is 1. The molecule has 0 aliphatic rings. The smallest absolute Gasteiger partial charge is 0.245 e. The van der Waals surface area contributed by atoms with Gasteiger partial charge in [0.25, 0.3) is 0 Å². The lowest BCUT2D eigenvalue weighted by Gasteiger charge is -2.38. The highest BCUT2D eigenvalue weighted by Gasteiger charge is 2.34. The van der Waals surface area contributed by atoms with Crippen molar-refractivity contribution >= 4 is 11.7 Å². The predicted octanol–water partition coefficient (Wildman–Crippen LogP) is 0.417. The Morgan fingerprint density at radius 2 is 2.11 bits per heavy atom. The molecular weight excluding hydrogens is 254 g/mol. The highest BCUT2D eigenvalue weighted by atomic mass is 32.1. The van der Waals surface area contributed by atoms with Crippen LogP contribution in [0.25, 0.3) is 0 Å². The molecule has 0 spiro atoms. The lowest BCUT2D eigenvalue weighted by Crippen LogP contribution is -2.57. The molecule has 0 bridgehead atoms. The van der Waals surface area contributed by atoms with Gasteiger partial charge in [0, 0.05) is 12.1 Å². The zero-order valence-corrected chi connectivity index (χ0v) is 12.0. The molecule has 3 N–H and O–H groups in total. The first-order valence-corrected chi connectivity index (χ1v) is 6.51. The Kier molecular flexibility index (Phi) is 5.03. The number of nitrogens with one attached hydrogen (secondary N) is 1. The monoisotopic (exact) mass is 275 g/mol. The van der Waals surface area contributed by atoms with Crippen LogP contribution in [-0.2, 0) is 0 Å². The third-order valence-electron chi connectivity index (χ3n) is 3.07. The fourth-order valence-corrected chi connectivity index (χ4v) is 1.41. The average Bonchev–Trinajstić information content (AvgIpc) is 2.74. The summed E-state index contributed by atoms with van der Waals surface area (Å²) in [6.07, 6.45) is 0.833. The molecule has 0 aliphatic carbocycles. The number of nitrogens with zero attached hydrogens (tertiary/aromatic N) is 2. The van der Waals surface area contributed by atoms with Crippen LogP contribution in [0.2, 0.25) is 0 Å². The first-order chi connectivity index (χ1) is 8.22. The van der Waals surface area contributed by atoms with Crippen LogP contribution >= 0.6 is 11.7 Å². The molecule has 0 aromatic carbocycles. The highest BCUT2D eigenvalue weighted by molar-refractivity contribution is 6.99. The largest absolute Gasteiger partial charge is 0.473 e. The molecule has 18 heavy (non-hydrogen) atoms. The van der Waals surface area contributed by atoms with E-state index in [0.29, 0.717) is 12.4 Å². The van der Waals surface area contributed by atoms with E-state index in [-0.39, 0.29) is 6.61 Å². The molecule has 0 amide bonds. The molecule has 7 heteroatoms. The van der Waals surface area contributed by atoms with Gasteiger partial charge in [0.2, 0.25) is 5.88 Å². The van der Waals surface area contributed by atoms with Crippen molar-refractivity contribution in [2.75, 3.05) is 13.2 Å². The minimum Gasteiger partial charge on any atom is -0.473 e. The number of aliphatic hydroxyl groups excluding tert-OH is 1. The molecule has 104 valence electrons. The van der Waals surface area contributed by atoms with E-state index in [9.17, 15) is 10.2 Å². The molecule has 1 aromatic heterocycles. The SMILES string of the molecule is CC(C)(O)C(C)(C)NCC(O)COc1cnsn1. The van der Waals surface area contributed by atoms with Crippen LogP contribution in [0.15, 0.2) is 6.20 Å². The van der Waals surface area contributed by atoms with E-state index in [1.165, 1.54) is 6.20 Å². The second kappa shape index (κ2) is 5.92. The van der Waals surface area contributed by atoms with Gasteiger partial charge in [-0.05, 0) is 27.7 Å². The summed E-state index contributed by atoms with van der Waals surface area (Å²) >= 11 is 1.06. The average molecular weight is 275 g/mol. The molecule has 0 radical (unpaired) electrons. The predicted molar refractivity (Wildman–Crippen MR) is 69.8 cm³/mol. The van der Waals surface area contributed by atoms with Crippen LogP contribution < -0.4 is 10.1 Å². The molecule has 0 fully saturated rings. The molecule has 6 nitrogen and oxygen atoms in total. The van der Waals surface area contributed by atoms with Gasteiger partial charge in [-0.15, -0.1) is 4.37 Å². The summed E-state index contributed by atoms with van der Waals surface area (Å²) in [6, 6.07) is 0. The summed E-state index contributed by atoms with van der Waals surface area (Å²) in [7, 11) is 0. The Morgan fingerprint density at radius 3 is 2.61 bits per heavy atom. The van der Waals surface area contributed by atoms with Gasteiger partial charge in [0.05, 0.1) is 17.3 Å². The van der Waals surface area contributed by atoms with Gasteiger partial charge in [-0.1, -0.05) is 0 Å². The minimum absolute atomic E-state index is 0.139. The van der Waals surface area contributed by atoms with E-state index in [1.807, 2.05) is 13.8 Å². The molecule has 1 heterocycles. The Morgan fingerprint density at radius 1 is 1.44 bits per heavy atom. The summed E-state index contributed by atoms with van der Waals surface area (Å²) in [5.41, 5.74) is -1.39. The third kappa shape index (κ3) is 4.49. The van der Waals surface area contributed by atoms with Crippen LogP contribution in [-0.4, -0.2) is 49.4 Å². The Balaban J connectivity index is 2.31. The van der Waals surface area contributed by atoms with Gasteiger partial charge >= 0.3 is 0 Å². The molecule has 1 aromatic rings. The second-order valence-corrected chi connectivity index (χ2v) is 5.83. The molecule has 1 unspecified atom stereocenters. The lowest BCUT2D eigenvalue weighted by atomic mass is 9.86. The maximum Gasteiger partial charge on any atom is 0.245 e. The lowest BCUT2D eigenvalue weighted by molar-refractivity contribution is -0.0121. The highest BCUT2D eigenvalue weighted by Crippen LogP contribution is 2.20. The van der Waals surface area contributed by atoms with Crippen molar-refractivity contribution in [1.82, 2.24) is 14.1 Å². The minimum atomic E-state index is -0.883. The number of hydrogen-bond acceptors (Lipinski definition) is 7. The number of ether oxygens (including phenoxy) is 1. The van der Waals surface area contributed by atoms with Crippen molar-refractivity contribution in [3.63, 3.8) is 0 Å². The Hall–Kier alpha value is -0.760. The molecule has 0 saturated heterocycles. The van der Waals surface area contributed by atoms with Crippen molar-refractivity contribution in [2.45, 2.75) is 44.9 Å². The van der Waals surface area contributed by atoms with Crippen molar-refractivity contribution in [3.8, 4) is 5.88 Å². The zero-order chi connectivity index (χ0) is 13.8. The summed E-state index contributed by atoms with van der Waals surface area (Å²) in [5.74, 6) is 0.417. The summed E-state index contributed by atoms with van der Waals surface area (Å²) in [6.45, 7) is 7.68. The van der Waals surface area contributed by atoms with Crippen molar-refractivity contribution in [2.24, 2.45) is 0 Å². The van der Waals surface area contributed by atoms with Gasteiger partial charge in [-0.3, -0.25) is 0 Å². The number of rotatable bonds is 7. The molecule has 1 atom stereocenters. The number of hydrogen-bond donors (Lipinski definition) is 3. The Bertz CT molecular complexity index is 349. The molecule has 0 saturated carbocycles. The van der Waals surface area contributed by atoms with Crippen LogP contribution in [0, 0.1) is 0 Å². The fraction of sp³-hybridized carbons (Fsp3) is 0.818. The van der Waals surface area contributed by atoms with Gasteiger partial charge in [0.1, 0.15) is 18.9 Å². The van der Waals surface area contributed by atoms with Crippen LogP contribution in [0.1, 0.15) is 27.7 Å². The third-order valence-corrected chi connectivity index (χ3v) is 3.54. The molecule has 0 aliphatic heterocycles. The van der Waals surface area contributed by atoms with Gasteiger partial charge in [-0.25, -0.2) is 0 Å². The van der Waals surface area contributed by atoms with Gasteiger partial charge in [0.15, 0.2) is 0 Å². The standard InChI is InChI=1S/C11H21N3O3S/c1-10(2,11(3,4)16)12-5-8(15)7-17-9-6-13-18-14-9/h6,8,12,15-16H,5,7H2,1-4H3. The van der Waals surface area contributed by atoms with Crippen LogP contribution in [0.4, 0.5) is 0 Å². The van der Waals surface area contributed by atoms with Crippen molar-refractivity contribution < 1.29 is 14.9 Å². The van der Waals surface area contributed by atoms with E-state index in [1.54, 1.807) is 13.8 Å². The van der Waals surface area contributed by atoms with E-state index >= 15 is 0 Å². The van der Waals surface area contributed by atoms with Crippen molar-refractivity contribution in [3.05, 3.63) is 6.20 Å². The quantitative estimate of drug-likeness (QED) is 0.668. The van der Waals surface area contributed by atoms with Gasteiger partial charge in [-0.2, -0.15) is 4.37 Å². The molecule has 1 rings (SSSR count). The summed E-state index contributed by atoms with van der Waals surface area (Å²) in [5, 5.41) is 22.8. The van der Waals surface area contributed by atoms with Crippen molar-refractivity contribution in [1.29, 1.82) is 0 Å². The van der Waals surface area contributed by atoms with Crippen LogP contribution in [0.5, 0.6) is 5.88 Å². The first kappa shape index (κ1) is 15.3. The van der Waals surface area contributed by atoms with E-state index < -0.39 is 17.2 Å². The summed E-state index contributed by atoms with van der Waals surface area (Å²) < 4.78 is 12.9. The topological polar surface area (TPSA) is 87.5 Å². The van der Waals surface area contributed by atoms with Crippen LogP contribution in [0.3, 0.4) is 0 Å². The molecular formula is C11H21N3O3S. The fourth-order valence-electron chi connectivity index (χ4n) is 1.05. The zero-order valence-electron chi connectivity index (χ0n) is 11.2. The van der Waals surface area contributed by atoms with Gasteiger partial charge < -0.3 is 20.3 Å². The maximum atomic E-state index is 9.95. The second-order valence-electron chi connectivity index (χ2n) is 5.28. The summed E-state index contributed by atoms with van der Waals surface area (Å²) in [4.78, 5) is 0. The van der Waals surface area contributed by atoms with E-state index in [2.05, 4.69) is 14.1 Å². The first-order valence-electron chi connectivity index (χ1n) is 5.78. The number of aliphatic hydroxyl groups is 2. The maximum absolute atomic E-state index is 9.95. The Labute approximate surface area is 111 Å². The van der Waals surface area contributed by atoms with E-state index in [4.69, 9.17) is 4.74 Å².